The molecule has 4 heteroatoms. The summed E-state index contributed by atoms with van der Waals surface area (Å²) in [7, 11) is 0. The molecule has 0 aliphatic carbocycles. The second kappa shape index (κ2) is 4.40. The molecule has 0 fully saturated rings. The van der Waals surface area contributed by atoms with Crippen LogP contribution in [-0.2, 0) is 6.18 Å². The number of hydrogen-bond donors (Lipinski definition) is 0. The number of hydrogen-bond acceptors (Lipinski definition) is 1. The SMILES string of the molecule is Cc1ccc2oc(-c3ccccc3)c(C(F)(F)F)c2c1. The van der Waals surface area contributed by atoms with Gasteiger partial charge >= 0.3 is 6.18 Å². The first-order valence-electron chi connectivity index (χ1n) is 6.12. The third-order valence-corrected chi connectivity index (χ3v) is 3.16. The van der Waals surface area contributed by atoms with Gasteiger partial charge in [-0.25, -0.2) is 0 Å². The lowest BCUT2D eigenvalue weighted by atomic mass is 10.0. The van der Waals surface area contributed by atoms with Crippen LogP contribution in [0.25, 0.3) is 22.3 Å². The largest absolute Gasteiger partial charge is 0.455 e. The Morgan fingerprint density at radius 1 is 0.950 bits per heavy atom. The number of fused-ring (bicyclic) bond motifs is 1. The van der Waals surface area contributed by atoms with Crippen molar-refractivity contribution in [2.45, 2.75) is 13.1 Å². The summed E-state index contributed by atoms with van der Waals surface area (Å²) in [5, 5.41) is 0.108. The highest BCUT2D eigenvalue weighted by Crippen LogP contribution is 2.43. The second-order valence-corrected chi connectivity index (χ2v) is 4.67. The van der Waals surface area contributed by atoms with E-state index in [4.69, 9.17) is 4.42 Å². The van der Waals surface area contributed by atoms with Crippen LogP contribution in [-0.4, -0.2) is 0 Å². The minimum Gasteiger partial charge on any atom is -0.455 e. The molecule has 0 atom stereocenters. The Hall–Kier alpha value is -2.23. The van der Waals surface area contributed by atoms with E-state index in [0.717, 1.165) is 5.56 Å². The normalized spacial score (nSPS) is 12.0. The van der Waals surface area contributed by atoms with Crippen LogP contribution >= 0.6 is 0 Å². The topological polar surface area (TPSA) is 13.1 Å². The van der Waals surface area contributed by atoms with Crippen molar-refractivity contribution in [3.05, 3.63) is 59.7 Å². The van der Waals surface area contributed by atoms with Gasteiger partial charge < -0.3 is 4.42 Å². The van der Waals surface area contributed by atoms with Crippen molar-refractivity contribution in [2.24, 2.45) is 0 Å². The molecule has 0 spiro atoms. The molecule has 20 heavy (non-hydrogen) atoms. The first-order chi connectivity index (χ1) is 9.47. The van der Waals surface area contributed by atoms with Gasteiger partial charge in [0.05, 0.1) is 0 Å². The lowest BCUT2D eigenvalue weighted by Crippen LogP contribution is -2.05. The Labute approximate surface area is 113 Å². The van der Waals surface area contributed by atoms with Gasteiger partial charge in [-0.05, 0) is 19.1 Å². The van der Waals surface area contributed by atoms with Crippen molar-refractivity contribution in [1.29, 1.82) is 0 Å². The molecule has 0 unspecified atom stereocenters. The molecule has 3 aromatic rings. The van der Waals surface area contributed by atoms with Crippen LogP contribution in [0.2, 0.25) is 0 Å². The van der Waals surface area contributed by atoms with Gasteiger partial charge in [-0.3, -0.25) is 0 Å². The number of alkyl halides is 3. The summed E-state index contributed by atoms with van der Waals surface area (Å²) in [6, 6.07) is 13.2. The molecule has 0 aliphatic rings. The third kappa shape index (κ3) is 2.07. The number of furan rings is 1. The van der Waals surface area contributed by atoms with E-state index in [1.807, 2.05) is 0 Å². The summed E-state index contributed by atoms with van der Waals surface area (Å²) in [5.74, 6) is -0.126. The number of benzene rings is 2. The minimum absolute atomic E-state index is 0.108. The van der Waals surface area contributed by atoms with Crippen molar-refractivity contribution in [3.63, 3.8) is 0 Å². The fourth-order valence-electron chi connectivity index (χ4n) is 2.29. The van der Waals surface area contributed by atoms with Gasteiger partial charge in [-0.1, -0.05) is 42.0 Å². The summed E-state index contributed by atoms with van der Waals surface area (Å²) < 4.78 is 45.6. The first-order valence-corrected chi connectivity index (χ1v) is 6.12. The van der Waals surface area contributed by atoms with E-state index in [1.165, 1.54) is 6.07 Å². The highest BCUT2D eigenvalue weighted by Gasteiger charge is 2.38. The second-order valence-electron chi connectivity index (χ2n) is 4.67. The van der Waals surface area contributed by atoms with Gasteiger partial charge in [0.15, 0.2) is 0 Å². The van der Waals surface area contributed by atoms with Crippen molar-refractivity contribution >= 4 is 11.0 Å². The molecule has 102 valence electrons. The van der Waals surface area contributed by atoms with Crippen LogP contribution in [0, 0.1) is 6.92 Å². The number of rotatable bonds is 1. The van der Waals surface area contributed by atoms with Gasteiger partial charge in [0.25, 0.3) is 0 Å². The van der Waals surface area contributed by atoms with E-state index < -0.39 is 11.7 Å². The minimum atomic E-state index is -4.45. The molecule has 3 rings (SSSR count). The van der Waals surface area contributed by atoms with Gasteiger partial charge in [-0.15, -0.1) is 0 Å². The summed E-state index contributed by atoms with van der Waals surface area (Å²) in [5.41, 5.74) is 0.737. The van der Waals surface area contributed by atoms with Crippen molar-refractivity contribution in [3.8, 4) is 11.3 Å². The fraction of sp³-hybridized carbons (Fsp3) is 0.125. The fourth-order valence-corrected chi connectivity index (χ4v) is 2.29. The predicted molar refractivity (Wildman–Crippen MR) is 71.4 cm³/mol. The van der Waals surface area contributed by atoms with Crippen LogP contribution < -0.4 is 0 Å². The molecule has 0 amide bonds. The van der Waals surface area contributed by atoms with Crippen LogP contribution in [0.1, 0.15) is 11.1 Å². The van der Waals surface area contributed by atoms with Crippen molar-refractivity contribution in [1.82, 2.24) is 0 Å². The van der Waals surface area contributed by atoms with Crippen molar-refractivity contribution in [2.75, 3.05) is 0 Å². The maximum absolute atomic E-state index is 13.4. The standard InChI is InChI=1S/C16H11F3O/c1-10-7-8-13-12(9-10)14(16(17,18)19)15(20-13)11-5-3-2-4-6-11/h2-9H,1H3. The Morgan fingerprint density at radius 2 is 1.65 bits per heavy atom. The Bertz CT molecular complexity index is 754. The van der Waals surface area contributed by atoms with Gasteiger partial charge in [0.2, 0.25) is 0 Å². The quantitative estimate of drug-likeness (QED) is 0.577. The molecule has 0 radical (unpaired) electrons. The van der Waals surface area contributed by atoms with Crippen LogP contribution in [0.4, 0.5) is 13.2 Å². The van der Waals surface area contributed by atoms with E-state index in [-0.39, 0.29) is 16.7 Å². The Morgan fingerprint density at radius 3 is 2.30 bits per heavy atom. The smallest absolute Gasteiger partial charge is 0.420 e. The molecule has 1 heterocycles. The van der Waals surface area contributed by atoms with E-state index in [1.54, 1.807) is 49.4 Å². The van der Waals surface area contributed by atoms with Crippen molar-refractivity contribution < 1.29 is 17.6 Å². The summed E-state index contributed by atoms with van der Waals surface area (Å²) in [6.45, 7) is 1.76. The molecule has 0 bridgehead atoms. The average Bonchev–Trinajstić information content (AvgIpc) is 2.78. The number of aryl methyl sites for hydroxylation is 1. The lowest BCUT2D eigenvalue weighted by molar-refractivity contribution is -0.136. The van der Waals surface area contributed by atoms with Crippen LogP contribution in [0.3, 0.4) is 0 Å². The molecule has 0 N–H and O–H groups in total. The van der Waals surface area contributed by atoms with E-state index in [9.17, 15) is 13.2 Å². The third-order valence-electron chi connectivity index (χ3n) is 3.16. The average molecular weight is 276 g/mol. The zero-order valence-corrected chi connectivity index (χ0v) is 10.7. The van der Waals surface area contributed by atoms with E-state index in [2.05, 4.69) is 0 Å². The molecule has 1 nitrogen and oxygen atoms in total. The highest BCUT2D eigenvalue weighted by atomic mass is 19.4. The maximum atomic E-state index is 13.4. The molecule has 0 aliphatic heterocycles. The van der Waals surface area contributed by atoms with E-state index >= 15 is 0 Å². The molecule has 2 aromatic carbocycles. The monoisotopic (exact) mass is 276 g/mol. The number of halogens is 3. The molecular formula is C16H11F3O. The van der Waals surface area contributed by atoms with E-state index in [0.29, 0.717) is 5.56 Å². The zero-order valence-electron chi connectivity index (χ0n) is 10.7. The molecular weight excluding hydrogens is 265 g/mol. The maximum Gasteiger partial charge on any atom is 0.420 e. The van der Waals surface area contributed by atoms with Crippen LogP contribution in [0.5, 0.6) is 0 Å². The summed E-state index contributed by atoms with van der Waals surface area (Å²) >= 11 is 0. The van der Waals surface area contributed by atoms with Gasteiger partial charge in [-0.2, -0.15) is 13.2 Å². The molecule has 0 saturated carbocycles. The Balaban J connectivity index is 2.37. The van der Waals surface area contributed by atoms with Gasteiger partial charge in [0, 0.05) is 10.9 Å². The summed E-state index contributed by atoms with van der Waals surface area (Å²) in [4.78, 5) is 0. The molecule has 1 aromatic heterocycles. The lowest BCUT2D eigenvalue weighted by Gasteiger charge is -2.07. The predicted octanol–water partition coefficient (Wildman–Crippen LogP) is 5.43. The Kier molecular flexibility index (Phi) is 2.82. The summed E-state index contributed by atoms with van der Waals surface area (Å²) in [6.07, 6.45) is -4.45. The van der Waals surface area contributed by atoms with Gasteiger partial charge in [0.1, 0.15) is 16.9 Å². The zero-order chi connectivity index (χ0) is 14.3. The highest BCUT2D eigenvalue weighted by molar-refractivity contribution is 5.89. The first kappa shape index (κ1) is 12.8. The van der Waals surface area contributed by atoms with Crippen LogP contribution in [0.15, 0.2) is 52.9 Å². The molecule has 0 saturated heterocycles.